The van der Waals surface area contributed by atoms with E-state index in [0.717, 1.165) is 0 Å². The van der Waals surface area contributed by atoms with Crippen LogP contribution in [0.4, 0.5) is 0 Å². The van der Waals surface area contributed by atoms with Gasteiger partial charge in [-0.1, -0.05) is 84.9 Å². The molecule has 0 spiro atoms. The molecular weight excluding hydrogens is 335 g/mol. The summed E-state index contributed by atoms with van der Waals surface area (Å²) in [6, 6.07) is 24.0. The van der Waals surface area contributed by atoms with Crippen molar-refractivity contribution < 1.29 is 19.1 Å². The zero-order chi connectivity index (χ0) is 17.9. The molecule has 1 unspecified atom stereocenters. The molecule has 0 saturated heterocycles. The smallest absolute Gasteiger partial charge is 0.324 e. The number of carbonyl (C=O) groups is 1. The molecule has 4 nitrogen and oxygen atoms in total. The maximum Gasteiger partial charge on any atom is 0.337 e. The van der Waals surface area contributed by atoms with Crippen molar-refractivity contribution in [3.63, 3.8) is 0 Å². The Balaban J connectivity index is 1.95. The largest absolute Gasteiger partial charge is 0.337 e. The van der Waals surface area contributed by atoms with Gasteiger partial charge in [0, 0.05) is 11.1 Å². The van der Waals surface area contributed by atoms with E-state index in [1.165, 1.54) is 0 Å². The Labute approximate surface area is 145 Å². The average molecular weight is 352 g/mol. The highest BCUT2D eigenvalue weighted by Gasteiger charge is 2.32. The van der Waals surface area contributed by atoms with E-state index in [9.17, 15) is 19.1 Å². The van der Waals surface area contributed by atoms with Gasteiger partial charge in [0.1, 0.15) is 5.66 Å². The van der Waals surface area contributed by atoms with Crippen molar-refractivity contribution in [3.05, 3.63) is 107 Å². The van der Waals surface area contributed by atoms with Crippen LogP contribution >= 0.6 is 7.60 Å². The molecule has 0 radical (unpaired) electrons. The van der Waals surface area contributed by atoms with Crippen molar-refractivity contribution in [1.29, 1.82) is 0 Å². The van der Waals surface area contributed by atoms with Crippen LogP contribution in [0.2, 0.25) is 0 Å². The number of rotatable bonds is 5. The van der Waals surface area contributed by atoms with Crippen molar-refractivity contribution in [2.75, 3.05) is 0 Å². The number of carbonyl (C=O) groups excluding carboxylic acids is 1. The predicted molar refractivity (Wildman–Crippen MR) is 96.6 cm³/mol. The average Bonchev–Trinajstić information content (AvgIpc) is 2.62. The second-order valence-corrected chi connectivity index (χ2v) is 7.41. The fraction of sp³-hybridized carbons (Fsp3) is 0.0500. The molecule has 3 aromatic carbocycles. The molecule has 0 aliphatic rings. The van der Waals surface area contributed by atoms with Crippen LogP contribution in [0, 0.1) is 0 Å². The summed E-state index contributed by atoms with van der Waals surface area (Å²) in [4.78, 5) is 32.0. The Morgan fingerprint density at radius 2 is 1.12 bits per heavy atom. The second-order valence-electron chi connectivity index (χ2n) is 5.72. The van der Waals surface area contributed by atoms with E-state index in [0.29, 0.717) is 22.3 Å². The van der Waals surface area contributed by atoms with Gasteiger partial charge in [0.25, 0.3) is 0 Å². The summed E-state index contributed by atoms with van der Waals surface area (Å²) in [5, 5.41) is 0. The molecule has 2 N–H and O–H groups in total. The van der Waals surface area contributed by atoms with Crippen LogP contribution in [0.3, 0.4) is 0 Å². The highest BCUT2D eigenvalue weighted by Crippen LogP contribution is 2.55. The van der Waals surface area contributed by atoms with Gasteiger partial charge in [-0.3, -0.25) is 9.36 Å². The highest BCUT2D eigenvalue weighted by atomic mass is 31.2. The number of benzene rings is 3. The van der Waals surface area contributed by atoms with Crippen LogP contribution in [0.15, 0.2) is 84.9 Å². The van der Waals surface area contributed by atoms with Crippen molar-refractivity contribution in [2.45, 2.75) is 5.66 Å². The van der Waals surface area contributed by atoms with Crippen molar-refractivity contribution in [2.24, 2.45) is 0 Å². The minimum Gasteiger partial charge on any atom is -0.324 e. The maximum absolute atomic E-state index is 12.4. The fourth-order valence-corrected chi connectivity index (χ4v) is 3.91. The minimum atomic E-state index is -4.40. The minimum absolute atomic E-state index is 0.125. The lowest BCUT2D eigenvalue weighted by Crippen LogP contribution is -2.04. The van der Waals surface area contributed by atoms with Crippen LogP contribution in [0.25, 0.3) is 0 Å². The number of hydrogen-bond donors (Lipinski definition) is 2. The first-order chi connectivity index (χ1) is 12.0. The summed E-state index contributed by atoms with van der Waals surface area (Å²) in [7, 11) is -4.40. The van der Waals surface area contributed by atoms with Crippen molar-refractivity contribution in [1.82, 2.24) is 0 Å². The Morgan fingerprint density at radius 1 is 0.680 bits per heavy atom. The van der Waals surface area contributed by atoms with Crippen LogP contribution in [-0.2, 0) is 4.57 Å². The molecule has 0 bridgehead atoms. The molecule has 0 amide bonds. The molecular formula is C20H17O4P. The van der Waals surface area contributed by atoms with Gasteiger partial charge >= 0.3 is 7.60 Å². The van der Waals surface area contributed by atoms with Crippen LogP contribution < -0.4 is 0 Å². The number of ketones is 1. The third-order valence-corrected chi connectivity index (χ3v) is 5.25. The summed E-state index contributed by atoms with van der Waals surface area (Å²) < 4.78 is 12.0. The molecule has 3 rings (SSSR count). The quantitative estimate of drug-likeness (QED) is 0.533. The van der Waals surface area contributed by atoms with E-state index in [2.05, 4.69) is 0 Å². The molecule has 0 fully saturated rings. The molecule has 0 aromatic heterocycles. The summed E-state index contributed by atoms with van der Waals surface area (Å²) in [6.45, 7) is 0. The molecule has 0 saturated carbocycles. The standard InChI is InChI=1S/C20H17O4P/c21-19(15-7-3-1-4-8-15)16-11-13-18(14-12-16)20(25(22,23)24)17-9-5-2-6-10-17/h1-14,20H,(H2,22,23,24). The fourth-order valence-electron chi connectivity index (χ4n) is 2.79. The second kappa shape index (κ2) is 7.16. The Bertz CT molecular complexity index is 899. The summed E-state index contributed by atoms with van der Waals surface area (Å²) in [5.41, 5.74) is 1.02. The van der Waals surface area contributed by atoms with Crippen LogP contribution in [-0.4, -0.2) is 15.6 Å². The molecule has 3 aromatic rings. The Morgan fingerprint density at radius 3 is 1.64 bits per heavy atom. The van der Waals surface area contributed by atoms with Crippen LogP contribution in [0.5, 0.6) is 0 Å². The molecule has 5 heteroatoms. The maximum atomic E-state index is 12.4. The molecule has 126 valence electrons. The monoisotopic (exact) mass is 352 g/mol. The summed E-state index contributed by atoms with van der Waals surface area (Å²) in [6.07, 6.45) is 0. The van der Waals surface area contributed by atoms with E-state index < -0.39 is 13.3 Å². The number of hydrogen-bond acceptors (Lipinski definition) is 2. The lowest BCUT2D eigenvalue weighted by molar-refractivity contribution is 0.103. The lowest BCUT2D eigenvalue weighted by atomic mass is 9.99. The first-order valence-corrected chi connectivity index (χ1v) is 9.45. The van der Waals surface area contributed by atoms with Gasteiger partial charge in [-0.15, -0.1) is 0 Å². The highest BCUT2D eigenvalue weighted by molar-refractivity contribution is 7.52. The van der Waals surface area contributed by atoms with Gasteiger partial charge in [-0.25, -0.2) is 0 Å². The van der Waals surface area contributed by atoms with Gasteiger partial charge in [0.2, 0.25) is 0 Å². The van der Waals surface area contributed by atoms with Crippen molar-refractivity contribution in [3.8, 4) is 0 Å². The normalized spacial score (nSPS) is 12.6. The third kappa shape index (κ3) is 3.94. The third-order valence-electron chi connectivity index (χ3n) is 3.98. The van der Waals surface area contributed by atoms with E-state index >= 15 is 0 Å². The molecule has 25 heavy (non-hydrogen) atoms. The first-order valence-electron chi connectivity index (χ1n) is 7.76. The van der Waals surface area contributed by atoms with Gasteiger partial charge in [0.05, 0.1) is 0 Å². The summed E-state index contributed by atoms with van der Waals surface area (Å²) in [5.74, 6) is -0.125. The SMILES string of the molecule is O=C(c1ccccc1)c1ccc(C(c2ccccc2)P(=O)(O)O)cc1. The van der Waals surface area contributed by atoms with Crippen LogP contribution in [0.1, 0.15) is 32.7 Å². The molecule has 1 atom stereocenters. The Hall–Kier alpha value is -2.52. The molecule has 0 aliphatic heterocycles. The first kappa shape index (κ1) is 17.3. The molecule has 0 aliphatic carbocycles. The van der Waals surface area contributed by atoms with E-state index in [4.69, 9.17) is 0 Å². The molecule has 0 heterocycles. The van der Waals surface area contributed by atoms with Gasteiger partial charge in [-0.2, -0.15) is 0 Å². The van der Waals surface area contributed by atoms with Gasteiger partial charge < -0.3 is 9.79 Å². The topological polar surface area (TPSA) is 74.6 Å². The lowest BCUT2D eigenvalue weighted by Gasteiger charge is -2.19. The zero-order valence-corrected chi connectivity index (χ0v) is 14.2. The Kier molecular flexibility index (Phi) is 4.95. The van der Waals surface area contributed by atoms with Gasteiger partial charge in [-0.05, 0) is 11.1 Å². The summed E-state index contributed by atoms with van der Waals surface area (Å²) >= 11 is 0. The van der Waals surface area contributed by atoms with Crippen molar-refractivity contribution >= 4 is 13.4 Å². The zero-order valence-electron chi connectivity index (χ0n) is 13.3. The van der Waals surface area contributed by atoms with E-state index in [1.54, 1.807) is 78.9 Å². The van der Waals surface area contributed by atoms with E-state index in [1.807, 2.05) is 6.07 Å². The predicted octanol–water partition coefficient (Wildman–Crippen LogP) is 4.18. The van der Waals surface area contributed by atoms with Gasteiger partial charge in [0.15, 0.2) is 5.78 Å². The van der Waals surface area contributed by atoms with E-state index in [-0.39, 0.29) is 5.78 Å².